The van der Waals surface area contributed by atoms with Crippen molar-refractivity contribution in [2.24, 2.45) is 0 Å². The van der Waals surface area contributed by atoms with Crippen LogP contribution in [0.1, 0.15) is 84.0 Å². The predicted octanol–water partition coefficient (Wildman–Crippen LogP) is 9.20. The van der Waals surface area contributed by atoms with Gasteiger partial charge in [0.1, 0.15) is 16.6 Å². The second-order valence-corrected chi connectivity index (χ2v) is 9.29. The van der Waals surface area contributed by atoms with Gasteiger partial charge in [0.05, 0.1) is 5.69 Å². The Labute approximate surface area is 217 Å². The molecule has 0 saturated heterocycles. The van der Waals surface area contributed by atoms with E-state index in [4.69, 9.17) is 9.97 Å². The van der Waals surface area contributed by atoms with Crippen molar-refractivity contribution in [1.82, 2.24) is 9.97 Å². The first kappa shape index (κ1) is 31.4. The number of ether oxygens (including phenoxy) is 1. The summed E-state index contributed by atoms with van der Waals surface area (Å²) in [6.45, 7) is 15.1. The van der Waals surface area contributed by atoms with E-state index in [9.17, 15) is 18.0 Å². The standard InChI is InChI=1S/C24H31F3N2OS.C4H6O/c1-6-9-10-18(8-3)22-28-21(17(5)23(29-22)31-15-16(4)7-2)19-11-13-20(14-12-19)30-24(25,26)27;1-3-4(2)5/h11-15,18H,6-10H2,1-5H3;3H,1H2,2H3/b16-15+;. The molecule has 8 heteroatoms. The zero-order chi connectivity index (χ0) is 27.3. The van der Waals surface area contributed by atoms with Crippen LogP contribution in [0, 0.1) is 6.92 Å². The number of aromatic nitrogens is 2. The maximum atomic E-state index is 12.5. The van der Waals surface area contributed by atoms with Crippen molar-refractivity contribution in [3.05, 3.63) is 59.3 Å². The first-order valence-corrected chi connectivity index (χ1v) is 13.0. The number of carbonyl (C=O) groups excluding carboxylic acids is 1. The molecule has 2 rings (SSSR count). The molecule has 1 unspecified atom stereocenters. The van der Waals surface area contributed by atoms with Gasteiger partial charge in [-0.2, -0.15) is 0 Å². The van der Waals surface area contributed by atoms with Crippen molar-refractivity contribution in [2.75, 3.05) is 0 Å². The quantitative estimate of drug-likeness (QED) is 0.167. The number of hydrogen-bond acceptors (Lipinski definition) is 5. The van der Waals surface area contributed by atoms with Crippen LogP contribution in [0.3, 0.4) is 0 Å². The van der Waals surface area contributed by atoms with Crippen LogP contribution in [-0.2, 0) is 4.79 Å². The summed E-state index contributed by atoms with van der Waals surface area (Å²) < 4.78 is 41.5. The van der Waals surface area contributed by atoms with Crippen LogP contribution >= 0.6 is 11.8 Å². The monoisotopic (exact) mass is 522 g/mol. The zero-order valence-corrected chi connectivity index (χ0v) is 22.9. The van der Waals surface area contributed by atoms with Gasteiger partial charge in [0.2, 0.25) is 0 Å². The van der Waals surface area contributed by atoms with Gasteiger partial charge in [-0.3, -0.25) is 4.79 Å². The van der Waals surface area contributed by atoms with Crippen LogP contribution in [0.15, 0.2) is 52.9 Å². The van der Waals surface area contributed by atoms with E-state index in [1.165, 1.54) is 30.7 Å². The number of ketones is 1. The lowest BCUT2D eigenvalue weighted by molar-refractivity contribution is -0.274. The van der Waals surface area contributed by atoms with Gasteiger partial charge in [0.15, 0.2) is 5.78 Å². The number of thioether (sulfide) groups is 1. The van der Waals surface area contributed by atoms with Crippen molar-refractivity contribution in [2.45, 2.75) is 91.0 Å². The van der Waals surface area contributed by atoms with E-state index in [1.807, 2.05) is 6.92 Å². The lowest BCUT2D eigenvalue weighted by Crippen LogP contribution is -2.17. The zero-order valence-electron chi connectivity index (χ0n) is 22.0. The molecule has 36 heavy (non-hydrogen) atoms. The van der Waals surface area contributed by atoms with E-state index < -0.39 is 6.36 Å². The fourth-order valence-corrected chi connectivity index (χ4v) is 4.01. The number of allylic oxidation sites excluding steroid dienone is 2. The topological polar surface area (TPSA) is 52.1 Å². The van der Waals surface area contributed by atoms with Crippen LogP contribution in [0.2, 0.25) is 0 Å². The summed E-state index contributed by atoms with van der Waals surface area (Å²) in [6.07, 6.45) is 1.70. The van der Waals surface area contributed by atoms with Gasteiger partial charge in [0, 0.05) is 17.0 Å². The van der Waals surface area contributed by atoms with Crippen LogP contribution in [0.4, 0.5) is 13.2 Å². The molecule has 0 aliphatic heterocycles. The summed E-state index contributed by atoms with van der Waals surface area (Å²) in [7, 11) is 0. The lowest BCUT2D eigenvalue weighted by Gasteiger charge is -2.18. The number of nitrogens with zero attached hydrogens (tertiary/aromatic N) is 2. The molecule has 2 aromatic rings. The SMILES string of the molecule is C=CC(C)=O.CCCCC(CC)c1nc(S/C=C(\C)CC)c(C)c(-c2ccc(OC(F)(F)F)cc2)n1. The minimum absolute atomic E-state index is 0.0185. The van der Waals surface area contributed by atoms with Crippen molar-refractivity contribution in [3.8, 4) is 17.0 Å². The molecule has 0 amide bonds. The largest absolute Gasteiger partial charge is 0.573 e. The molecular weight excluding hydrogens is 485 g/mol. The highest BCUT2D eigenvalue weighted by molar-refractivity contribution is 8.02. The van der Waals surface area contributed by atoms with E-state index in [2.05, 4.69) is 44.4 Å². The molecule has 0 aliphatic carbocycles. The molecule has 0 radical (unpaired) electrons. The second-order valence-electron chi connectivity index (χ2n) is 8.43. The lowest BCUT2D eigenvalue weighted by atomic mass is 9.97. The van der Waals surface area contributed by atoms with E-state index >= 15 is 0 Å². The smallest absolute Gasteiger partial charge is 0.406 e. The van der Waals surface area contributed by atoms with Gasteiger partial charge in [-0.05, 0) is 75.8 Å². The highest BCUT2D eigenvalue weighted by Gasteiger charge is 2.31. The Hall–Kier alpha value is -2.61. The molecule has 1 atom stereocenters. The minimum atomic E-state index is -4.71. The molecular formula is C28H37F3N2O2S. The number of rotatable bonds is 11. The van der Waals surface area contributed by atoms with E-state index in [-0.39, 0.29) is 17.5 Å². The van der Waals surface area contributed by atoms with Crippen molar-refractivity contribution in [1.29, 1.82) is 0 Å². The van der Waals surface area contributed by atoms with Crippen molar-refractivity contribution < 1.29 is 22.7 Å². The fourth-order valence-electron chi connectivity index (χ4n) is 3.11. The Morgan fingerprint density at radius 2 is 1.75 bits per heavy atom. The third-order valence-electron chi connectivity index (χ3n) is 5.46. The van der Waals surface area contributed by atoms with Crippen LogP contribution in [0.25, 0.3) is 11.3 Å². The Balaban J connectivity index is 0.00000118. The first-order valence-electron chi connectivity index (χ1n) is 12.2. The van der Waals surface area contributed by atoms with E-state index in [0.29, 0.717) is 0 Å². The minimum Gasteiger partial charge on any atom is -0.406 e. The van der Waals surface area contributed by atoms with Gasteiger partial charge in [-0.25, -0.2) is 9.97 Å². The number of alkyl halides is 3. The molecule has 1 aromatic heterocycles. The van der Waals surface area contributed by atoms with Crippen LogP contribution in [0.5, 0.6) is 5.75 Å². The van der Waals surface area contributed by atoms with Crippen molar-refractivity contribution >= 4 is 17.5 Å². The highest BCUT2D eigenvalue weighted by Crippen LogP contribution is 2.34. The molecule has 0 N–H and O–H groups in total. The molecule has 1 aromatic carbocycles. The van der Waals surface area contributed by atoms with Gasteiger partial charge in [-0.1, -0.05) is 57.5 Å². The molecule has 0 aliphatic rings. The van der Waals surface area contributed by atoms with E-state index in [1.54, 1.807) is 23.9 Å². The molecule has 0 bridgehead atoms. The Kier molecular flexibility index (Phi) is 13.5. The third-order valence-corrected chi connectivity index (χ3v) is 6.60. The van der Waals surface area contributed by atoms with Crippen LogP contribution < -0.4 is 4.74 Å². The average molecular weight is 523 g/mol. The van der Waals surface area contributed by atoms with Gasteiger partial charge >= 0.3 is 6.36 Å². The summed E-state index contributed by atoms with van der Waals surface area (Å²) in [5, 5.41) is 2.99. The summed E-state index contributed by atoms with van der Waals surface area (Å²) in [6, 6.07) is 5.89. The number of benzene rings is 1. The van der Waals surface area contributed by atoms with Gasteiger partial charge < -0.3 is 4.74 Å². The van der Waals surface area contributed by atoms with Crippen LogP contribution in [-0.4, -0.2) is 22.1 Å². The van der Waals surface area contributed by atoms with Gasteiger partial charge in [-0.15, -0.1) is 13.2 Å². The summed E-state index contributed by atoms with van der Waals surface area (Å²) >= 11 is 1.58. The summed E-state index contributed by atoms with van der Waals surface area (Å²) in [5.74, 6) is 0.832. The molecule has 0 spiro atoms. The third kappa shape index (κ3) is 11.0. The normalized spacial score (nSPS) is 12.4. The molecule has 4 nitrogen and oxygen atoms in total. The van der Waals surface area contributed by atoms with Gasteiger partial charge in [0.25, 0.3) is 0 Å². The number of hydrogen-bond donors (Lipinski definition) is 0. The number of unbranched alkanes of at least 4 members (excludes halogenated alkanes) is 1. The second kappa shape index (κ2) is 15.5. The maximum Gasteiger partial charge on any atom is 0.573 e. The number of halogens is 3. The average Bonchev–Trinajstić information content (AvgIpc) is 2.84. The maximum absolute atomic E-state index is 12.5. The number of carbonyl (C=O) groups is 1. The summed E-state index contributed by atoms with van der Waals surface area (Å²) in [4.78, 5) is 19.5. The van der Waals surface area contributed by atoms with Crippen molar-refractivity contribution in [3.63, 3.8) is 0 Å². The molecule has 1 heterocycles. The Morgan fingerprint density at radius 1 is 1.14 bits per heavy atom. The highest BCUT2D eigenvalue weighted by atomic mass is 32.2. The molecule has 0 saturated carbocycles. The Morgan fingerprint density at radius 3 is 2.22 bits per heavy atom. The van der Waals surface area contributed by atoms with E-state index in [0.717, 1.165) is 59.8 Å². The summed E-state index contributed by atoms with van der Waals surface area (Å²) in [5.41, 5.74) is 3.68. The molecule has 0 fully saturated rings. The molecule has 198 valence electrons. The predicted molar refractivity (Wildman–Crippen MR) is 142 cm³/mol. The first-order chi connectivity index (χ1) is 16.9. The Bertz CT molecular complexity index is 1020. The fraction of sp³-hybridized carbons (Fsp3) is 0.464.